The summed E-state index contributed by atoms with van der Waals surface area (Å²) in [5.41, 5.74) is 9.02. The van der Waals surface area contributed by atoms with Gasteiger partial charge in [-0.25, -0.2) is 10.2 Å². The molecule has 0 spiro atoms. The van der Waals surface area contributed by atoms with Crippen LogP contribution >= 0.6 is 22.6 Å². The average Bonchev–Trinajstić information content (AvgIpc) is 2.67. The maximum Gasteiger partial charge on any atom is 0.332 e. The number of nitrogens with two attached hydrogens (primary N) is 1. The molecule has 3 aromatic rings. The fourth-order valence-corrected chi connectivity index (χ4v) is 3.50. The number of fused-ring (bicyclic) bond motifs is 1. The highest BCUT2D eigenvalue weighted by Gasteiger charge is 2.12. The summed E-state index contributed by atoms with van der Waals surface area (Å²) in [4.78, 5) is 10.7. The van der Waals surface area contributed by atoms with Crippen molar-refractivity contribution < 1.29 is 14.3 Å². The van der Waals surface area contributed by atoms with E-state index in [1.165, 1.54) is 17.0 Å². The Bertz CT molecular complexity index is 1020. The lowest BCUT2D eigenvalue weighted by Crippen LogP contribution is -2.24. The Morgan fingerprint density at radius 3 is 2.68 bits per heavy atom. The summed E-state index contributed by atoms with van der Waals surface area (Å²) in [6, 6.07) is 17.5. The fraction of sp³-hybridized carbons (Fsp3) is 0.143. The van der Waals surface area contributed by atoms with Crippen LogP contribution in [0, 0.1) is 3.57 Å². The first kappa shape index (κ1) is 19.9. The van der Waals surface area contributed by atoms with E-state index in [1.54, 1.807) is 0 Å². The van der Waals surface area contributed by atoms with Gasteiger partial charge in [0.25, 0.3) is 0 Å². The molecule has 3 N–H and O–H groups in total. The van der Waals surface area contributed by atoms with E-state index in [4.69, 9.17) is 15.2 Å². The Labute approximate surface area is 176 Å². The minimum atomic E-state index is -0.716. The zero-order chi connectivity index (χ0) is 19.9. The first-order valence-corrected chi connectivity index (χ1v) is 9.80. The molecule has 0 heterocycles. The maximum absolute atomic E-state index is 10.7. The van der Waals surface area contributed by atoms with Crippen LogP contribution in [0.5, 0.6) is 11.5 Å². The van der Waals surface area contributed by atoms with Crippen LogP contribution in [0.25, 0.3) is 10.8 Å². The molecule has 0 bridgehead atoms. The van der Waals surface area contributed by atoms with Gasteiger partial charge in [0, 0.05) is 0 Å². The highest BCUT2D eigenvalue weighted by molar-refractivity contribution is 14.1. The van der Waals surface area contributed by atoms with Crippen molar-refractivity contribution >= 4 is 45.6 Å². The number of rotatable bonds is 7. The second-order valence-electron chi connectivity index (χ2n) is 5.97. The van der Waals surface area contributed by atoms with E-state index in [2.05, 4.69) is 63.4 Å². The van der Waals surface area contributed by atoms with Gasteiger partial charge in [-0.2, -0.15) is 5.10 Å². The van der Waals surface area contributed by atoms with Crippen molar-refractivity contribution in [2.45, 2.75) is 13.5 Å². The Balaban J connectivity index is 1.81. The SMILES string of the molecule is CCOc1cc(/C=N\NC(N)=O)cc(I)c1OCc1ccc2ccccc2c1. The van der Waals surface area contributed by atoms with Crippen LogP contribution in [0.4, 0.5) is 4.79 Å². The van der Waals surface area contributed by atoms with Crippen molar-refractivity contribution in [1.29, 1.82) is 0 Å². The number of hydrogen-bond acceptors (Lipinski definition) is 4. The van der Waals surface area contributed by atoms with Crippen molar-refractivity contribution in [2.24, 2.45) is 10.8 Å². The molecule has 0 unspecified atom stereocenters. The zero-order valence-corrected chi connectivity index (χ0v) is 17.5. The van der Waals surface area contributed by atoms with Gasteiger partial charge in [0.15, 0.2) is 11.5 Å². The summed E-state index contributed by atoms with van der Waals surface area (Å²) in [5.74, 6) is 1.30. The van der Waals surface area contributed by atoms with Gasteiger partial charge in [-0.3, -0.25) is 0 Å². The molecular weight excluding hydrogens is 469 g/mol. The Kier molecular flexibility index (Phi) is 6.70. The normalized spacial score (nSPS) is 10.9. The summed E-state index contributed by atoms with van der Waals surface area (Å²) in [5, 5.41) is 6.16. The first-order valence-electron chi connectivity index (χ1n) is 8.72. The van der Waals surface area contributed by atoms with E-state index in [-0.39, 0.29) is 0 Å². The molecule has 3 rings (SSSR count). The van der Waals surface area contributed by atoms with Crippen LogP contribution in [-0.4, -0.2) is 18.9 Å². The minimum absolute atomic E-state index is 0.428. The lowest BCUT2D eigenvalue weighted by atomic mass is 10.1. The van der Waals surface area contributed by atoms with E-state index in [0.717, 1.165) is 14.7 Å². The van der Waals surface area contributed by atoms with Crippen LogP contribution in [0.2, 0.25) is 0 Å². The molecule has 0 aliphatic rings. The van der Waals surface area contributed by atoms with Crippen LogP contribution < -0.4 is 20.6 Å². The Morgan fingerprint density at radius 2 is 1.93 bits per heavy atom. The molecule has 2 amide bonds. The van der Waals surface area contributed by atoms with Gasteiger partial charge in [-0.1, -0.05) is 36.4 Å². The molecule has 0 atom stereocenters. The van der Waals surface area contributed by atoms with Gasteiger partial charge in [0.1, 0.15) is 6.61 Å². The topological polar surface area (TPSA) is 85.9 Å². The third-order valence-electron chi connectivity index (χ3n) is 3.92. The molecule has 7 heteroatoms. The Hall–Kier alpha value is -2.81. The smallest absolute Gasteiger partial charge is 0.332 e. The number of ether oxygens (including phenoxy) is 2. The second kappa shape index (κ2) is 9.41. The molecule has 0 saturated carbocycles. The van der Waals surface area contributed by atoms with E-state index in [1.807, 2.05) is 31.2 Å². The molecule has 28 heavy (non-hydrogen) atoms. The number of benzene rings is 3. The van der Waals surface area contributed by atoms with E-state index in [9.17, 15) is 4.79 Å². The number of hydrogen-bond donors (Lipinski definition) is 2. The van der Waals surface area contributed by atoms with Gasteiger partial charge in [-0.15, -0.1) is 0 Å². The monoisotopic (exact) mass is 489 g/mol. The number of hydrazone groups is 1. The van der Waals surface area contributed by atoms with Crippen LogP contribution in [-0.2, 0) is 6.61 Å². The number of halogens is 1. The van der Waals surface area contributed by atoms with Gasteiger partial charge < -0.3 is 15.2 Å². The number of nitrogens with zero attached hydrogens (tertiary/aromatic N) is 1. The van der Waals surface area contributed by atoms with Crippen LogP contribution in [0.15, 0.2) is 59.7 Å². The summed E-state index contributed by atoms with van der Waals surface area (Å²) in [6.07, 6.45) is 1.50. The van der Waals surface area contributed by atoms with Crippen LogP contribution in [0.1, 0.15) is 18.1 Å². The maximum atomic E-state index is 10.7. The third-order valence-corrected chi connectivity index (χ3v) is 4.72. The average molecular weight is 489 g/mol. The first-order chi connectivity index (χ1) is 13.6. The van der Waals surface area contributed by atoms with Crippen LogP contribution in [0.3, 0.4) is 0 Å². The molecule has 0 saturated heterocycles. The number of carbonyl (C=O) groups is 1. The molecule has 144 valence electrons. The number of primary amides is 1. The highest BCUT2D eigenvalue weighted by Crippen LogP contribution is 2.34. The molecule has 3 aromatic carbocycles. The van der Waals surface area contributed by atoms with Crippen molar-refractivity contribution in [3.8, 4) is 11.5 Å². The van der Waals surface area contributed by atoms with Crippen molar-refractivity contribution in [3.05, 3.63) is 69.3 Å². The second-order valence-corrected chi connectivity index (χ2v) is 7.13. The number of amides is 2. The fourth-order valence-electron chi connectivity index (χ4n) is 2.72. The lowest BCUT2D eigenvalue weighted by molar-refractivity contribution is 0.249. The predicted octanol–water partition coefficient (Wildman–Crippen LogP) is 4.42. The van der Waals surface area contributed by atoms with Gasteiger partial charge in [0.2, 0.25) is 0 Å². The van der Waals surface area contributed by atoms with Gasteiger partial charge >= 0.3 is 6.03 Å². The summed E-state index contributed by atoms with van der Waals surface area (Å²) >= 11 is 2.19. The van der Waals surface area contributed by atoms with Gasteiger partial charge in [0.05, 0.1) is 16.4 Å². The van der Waals surface area contributed by atoms with Gasteiger partial charge in [-0.05, 0) is 69.6 Å². The minimum Gasteiger partial charge on any atom is -0.490 e. The number of carbonyl (C=O) groups excluding carboxylic acids is 1. The van der Waals surface area contributed by atoms with Crippen molar-refractivity contribution in [2.75, 3.05) is 6.61 Å². The molecule has 0 aliphatic heterocycles. The standard InChI is InChI=1S/C21H20IN3O3/c1-2-27-19-11-15(12-24-25-21(23)26)10-18(22)20(19)28-13-14-7-8-16-5-3-4-6-17(16)9-14/h3-12H,2,13H2,1H3,(H3,23,25,26)/b24-12-. The van der Waals surface area contributed by atoms with E-state index in [0.29, 0.717) is 24.7 Å². The number of nitrogens with one attached hydrogen (secondary N) is 1. The molecule has 6 nitrogen and oxygen atoms in total. The van der Waals surface area contributed by atoms with Crippen molar-refractivity contribution in [3.63, 3.8) is 0 Å². The lowest BCUT2D eigenvalue weighted by Gasteiger charge is -2.15. The third kappa shape index (κ3) is 5.13. The van der Waals surface area contributed by atoms with E-state index < -0.39 is 6.03 Å². The predicted molar refractivity (Wildman–Crippen MR) is 119 cm³/mol. The quantitative estimate of drug-likeness (QED) is 0.293. The molecular formula is C21H20IN3O3. The summed E-state index contributed by atoms with van der Waals surface area (Å²) in [7, 11) is 0. The zero-order valence-electron chi connectivity index (χ0n) is 15.3. The largest absolute Gasteiger partial charge is 0.490 e. The molecule has 0 radical (unpaired) electrons. The molecule has 0 fully saturated rings. The molecule has 0 aliphatic carbocycles. The summed E-state index contributed by atoms with van der Waals surface area (Å²) in [6.45, 7) is 2.84. The van der Waals surface area contributed by atoms with Crippen molar-refractivity contribution in [1.82, 2.24) is 5.43 Å². The highest BCUT2D eigenvalue weighted by atomic mass is 127. The Morgan fingerprint density at radius 1 is 1.14 bits per heavy atom. The summed E-state index contributed by atoms with van der Waals surface area (Å²) < 4.78 is 12.7. The molecule has 0 aromatic heterocycles. The van der Waals surface area contributed by atoms with E-state index >= 15 is 0 Å². The number of urea groups is 1.